The lowest BCUT2D eigenvalue weighted by Gasteiger charge is -2.31. The number of para-hydroxylation sites is 1. The summed E-state index contributed by atoms with van der Waals surface area (Å²) in [6.45, 7) is 2.97. The molecule has 1 fully saturated rings. The second-order valence-electron chi connectivity index (χ2n) is 7.21. The molecule has 1 aromatic heterocycles. The molecule has 0 spiro atoms. The van der Waals surface area contributed by atoms with Crippen molar-refractivity contribution in [1.82, 2.24) is 9.29 Å². The fourth-order valence-electron chi connectivity index (χ4n) is 3.97. The van der Waals surface area contributed by atoms with Crippen LogP contribution in [0.3, 0.4) is 0 Å². The molecule has 0 unspecified atom stereocenters. The molecule has 0 radical (unpaired) electrons. The van der Waals surface area contributed by atoms with E-state index in [1.165, 1.54) is 39.5 Å². The van der Waals surface area contributed by atoms with E-state index in [2.05, 4.69) is 17.1 Å². The third kappa shape index (κ3) is 3.80. The Morgan fingerprint density at radius 2 is 1.79 bits per heavy atom. The van der Waals surface area contributed by atoms with E-state index in [0.29, 0.717) is 24.6 Å². The van der Waals surface area contributed by atoms with Gasteiger partial charge < -0.3 is 9.72 Å². The summed E-state index contributed by atoms with van der Waals surface area (Å²) >= 11 is 0. The van der Waals surface area contributed by atoms with E-state index in [-0.39, 0.29) is 11.5 Å². The first-order valence-electron chi connectivity index (χ1n) is 9.84. The maximum Gasteiger partial charge on any atom is 0.338 e. The highest BCUT2D eigenvalue weighted by atomic mass is 32.2. The van der Waals surface area contributed by atoms with Crippen molar-refractivity contribution < 1.29 is 17.9 Å². The number of aromatic nitrogens is 1. The molecule has 1 aliphatic rings. The topological polar surface area (TPSA) is 79.5 Å². The van der Waals surface area contributed by atoms with Crippen LogP contribution >= 0.6 is 0 Å². The highest BCUT2D eigenvalue weighted by Crippen LogP contribution is 2.34. The highest BCUT2D eigenvalue weighted by Gasteiger charge is 2.30. The Balaban J connectivity index is 1.46. The Labute approximate surface area is 170 Å². The molecule has 0 aliphatic carbocycles. The van der Waals surface area contributed by atoms with E-state index in [1.54, 1.807) is 6.92 Å². The van der Waals surface area contributed by atoms with E-state index >= 15 is 0 Å². The van der Waals surface area contributed by atoms with Crippen LogP contribution in [0.4, 0.5) is 0 Å². The summed E-state index contributed by atoms with van der Waals surface area (Å²) in [6, 6.07) is 14.2. The van der Waals surface area contributed by atoms with Crippen LogP contribution in [0.5, 0.6) is 0 Å². The molecule has 152 valence electrons. The molecule has 1 saturated heterocycles. The number of hydrogen-bond donors (Lipinski definition) is 1. The van der Waals surface area contributed by atoms with Crippen molar-refractivity contribution in [1.29, 1.82) is 0 Å². The van der Waals surface area contributed by atoms with Gasteiger partial charge in [-0.25, -0.2) is 13.2 Å². The minimum absolute atomic E-state index is 0.205. The lowest BCUT2D eigenvalue weighted by molar-refractivity contribution is 0.0526. The summed E-state index contributed by atoms with van der Waals surface area (Å²) in [4.78, 5) is 15.3. The number of H-pyrrole nitrogens is 1. The zero-order valence-electron chi connectivity index (χ0n) is 16.3. The van der Waals surface area contributed by atoms with E-state index in [4.69, 9.17) is 4.74 Å². The molecule has 0 saturated carbocycles. The van der Waals surface area contributed by atoms with E-state index < -0.39 is 16.0 Å². The number of benzene rings is 2. The van der Waals surface area contributed by atoms with Crippen molar-refractivity contribution >= 4 is 26.9 Å². The fraction of sp³-hybridized carbons (Fsp3) is 0.318. The van der Waals surface area contributed by atoms with E-state index in [9.17, 15) is 13.2 Å². The summed E-state index contributed by atoms with van der Waals surface area (Å²) in [5.41, 5.74) is 2.72. The molecule has 2 heterocycles. The Bertz CT molecular complexity index is 1110. The number of sulfonamides is 1. The molecule has 0 amide bonds. The van der Waals surface area contributed by atoms with Gasteiger partial charge in [-0.3, -0.25) is 0 Å². The van der Waals surface area contributed by atoms with Crippen molar-refractivity contribution in [2.24, 2.45) is 0 Å². The molecule has 1 aliphatic heterocycles. The Hall–Kier alpha value is -2.64. The number of piperidine rings is 1. The van der Waals surface area contributed by atoms with Gasteiger partial charge in [-0.15, -0.1) is 0 Å². The molecule has 6 nitrogen and oxygen atoms in total. The fourth-order valence-corrected chi connectivity index (χ4v) is 5.44. The van der Waals surface area contributed by atoms with Crippen LogP contribution in [0.25, 0.3) is 10.9 Å². The zero-order chi connectivity index (χ0) is 20.4. The van der Waals surface area contributed by atoms with Gasteiger partial charge in [-0.2, -0.15) is 4.31 Å². The van der Waals surface area contributed by atoms with Crippen molar-refractivity contribution in [3.05, 3.63) is 65.9 Å². The minimum Gasteiger partial charge on any atom is -0.462 e. The first-order chi connectivity index (χ1) is 14.0. The Morgan fingerprint density at radius 3 is 2.48 bits per heavy atom. The molecule has 7 heteroatoms. The van der Waals surface area contributed by atoms with E-state index in [0.717, 1.165) is 18.4 Å². The molecule has 0 atom stereocenters. The molecule has 0 bridgehead atoms. The number of nitrogens with zero attached hydrogens (tertiary/aromatic N) is 1. The quantitative estimate of drug-likeness (QED) is 0.645. The summed E-state index contributed by atoms with van der Waals surface area (Å²) in [5, 5.41) is 1.21. The van der Waals surface area contributed by atoms with Gasteiger partial charge in [0.25, 0.3) is 0 Å². The predicted octanol–water partition coefficient (Wildman–Crippen LogP) is 3.91. The Morgan fingerprint density at radius 1 is 1.10 bits per heavy atom. The first kappa shape index (κ1) is 19.7. The number of rotatable bonds is 5. The smallest absolute Gasteiger partial charge is 0.338 e. The van der Waals surface area contributed by atoms with Gasteiger partial charge in [-0.05, 0) is 61.6 Å². The number of nitrogens with one attached hydrogen (secondary N) is 1. The third-order valence-corrected chi connectivity index (χ3v) is 7.43. The summed E-state index contributed by atoms with van der Waals surface area (Å²) in [5.74, 6) is -0.111. The number of carbonyl (C=O) groups is 1. The number of fused-ring (bicyclic) bond motifs is 1. The maximum absolute atomic E-state index is 13.0. The molecule has 4 rings (SSSR count). The normalized spacial score (nSPS) is 16.2. The average Bonchev–Trinajstić information content (AvgIpc) is 3.18. The lowest BCUT2D eigenvalue weighted by atomic mass is 9.90. The number of esters is 1. The molecule has 3 aromatic rings. The van der Waals surface area contributed by atoms with Crippen LogP contribution in [0.15, 0.2) is 59.6 Å². The lowest BCUT2D eigenvalue weighted by Crippen LogP contribution is -2.37. The van der Waals surface area contributed by atoms with Gasteiger partial charge >= 0.3 is 5.97 Å². The second kappa shape index (κ2) is 8.00. The zero-order valence-corrected chi connectivity index (χ0v) is 17.1. The highest BCUT2D eigenvalue weighted by molar-refractivity contribution is 7.89. The predicted molar refractivity (Wildman–Crippen MR) is 111 cm³/mol. The molecule has 29 heavy (non-hydrogen) atoms. The minimum atomic E-state index is -3.58. The third-order valence-electron chi connectivity index (χ3n) is 5.52. The van der Waals surface area contributed by atoms with Gasteiger partial charge in [-0.1, -0.05) is 18.2 Å². The van der Waals surface area contributed by atoms with Gasteiger partial charge in [0, 0.05) is 30.2 Å². The van der Waals surface area contributed by atoms with Gasteiger partial charge in [0.2, 0.25) is 10.0 Å². The van der Waals surface area contributed by atoms with Crippen molar-refractivity contribution in [2.45, 2.75) is 30.6 Å². The van der Waals surface area contributed by atoms with Crippen molar-refractivity contribution in [3.8, 4) is 0 Å². The van der Waals surface area contributed by atoms with Crippen molar-refractivity contribution in [3.63, 3.8) is 0 Å². The van der Waals surface area contributed by atoms with Crippen LogP contribution in [0.2, 0.25) is 0 Å². The van der Waals surface area contributed by atoms with Gasteiger partial charge in [0.05, 0.1) is 17.1 Å². The number of carbonyl (C=O) groups excluding carboxylic acids is 1. The maximum atomic E-state index is 13.0. The SMILES string of the molecule is CCOC(=O)c1ccc(S(=O)(=O)N2CCC(c3c[nH]c4ccccc34)CC2)cc1. The Kier molecular flexibility index (Phi) is 5.43. The summed E-state index contributed by atoms with van der Waals surface area (Å²) in [7, 11) is -3.58. The van der Waals surface area contributed by atoms with Crippen LogP contribution in [-0.4, -0.2) is 43.4 Å². The largest absolute Gasteiger partial charge is 0.462 e. The molecular formula is C22H24N2O4S. The molecule has 1 N–H and O–H groups in total. The number of hydrogen-bond acceptors (Lipinski definition) is 4. The van der Waals surface area contributed by atoms with Crippen LogP contribution < -0.4 is 0 Å². The van der Waals surface area contributed by atoms with Crippen molar-refractivity contribution in [2.75, 3.05) is 19.7 Å². The summed E-state index contributed by atoms with van der Waals surface area (Å²) in [6.07, 6.45) is 3.61. The van der Waals surface area contributed by atoms with Crippen LogP contribution in [0, 0.1) is 0 Å². The second-order valence-corrected chi connectivity index (χ2v) is 9.15. The monoisotopic (exact) mass is 412 g/mol. The molecule has 2 aromatic carbocycles. The van der Waals surface area contributed by atoms with Gasteiger partial charge in [0.15, 0.2) is 0 Å². The average molecular weight is 413 g/mol. The van der Waals surface area contributed by atoms with Gasteiger partial charge in [0.1, 0.15) is 0 Å². The standard InChI is InChI=1S/C22H24N2O4S/c1-2-28-22(25)17-7-9-18(10-8-17)29(26,27)24-13-11-16(12-14-24)20-15-23-21-6-4-3-5-19(20)21/h3-10,15-16,23H,2,11-14H2,1H3. The first-order valence-corrected chi connectivity index (χ1v) is 11.3. The van der Waals surface area contributed by atoms with E-state index in [1.807, 2.05) is 18.3 Å². The number of ether oxygens (including phenoxy) is 1. The van der Waals surface area contributed by atoms with Crippen LogP contribution in [0.1, 0.15) is 41.6 Å². The molecular weight excluding hydrogens is 388 g/mol. The summed E-state index contributed by atoms with van der Waals surface area (Å²) < 4.78 is 32.5. The van der Waals surface area contributed by atoms with Crippen LogP contribution in [-0.2, 0) is 14.8 Å². The number of aromatic amines is 1.